The van der Waals surface area contributed by atoms with Crippen molar-refractivity contribution in [3.8, 4) is 0 Å². The van der Waals surface area contributed by atoms with Crippen LogP contribution in [0.25, 0.3) is 0 Å². The molecular weight excluding hydrogens is 152 g/mol. The molecule has 0 aromatic carbocycles. The van der Waals surface area contributed by atoms with Crippen molar-refractivity contribution in [2.45, 2.75) is 51.1 Å². The maximum atomic E-state index is 6.11. The second-order valence-electron chi connectivity index (χ2n) is 3.89. The molecule has 66 valence electrons. The Bertz CT molecular complexity index is 111. The third-order valence-corrected chi connectivity index (χ3v) is 5.17. The topological polar surface area (TPSA) is 38.0 Å². The average molecular weight is 172 g/mol. The standard InChI is InChI=1S/C8H20N2Si/c1-7(2)10-11(9)8-5-3-4-6-8/h7-8,10-11H,3-6,9H2,1-2H3. The molecule has 1 aliphatic rings. The summed E-state index contributed by atoms with van der Waals surface area (Å²) in [4.78, 5) is 3.50. The normalized spacial score (nSPS) is 22.9. The van der Waals surface area contributed by atoms with E-state index in [9.17, 15) is 0 Å². The molecule has 0 amide bonds. The summed E-state index contributed by atoms with van der Waals surface area (Å²) in [5.41, 5.74) is 0.873. The van der Waals surface area contributed by atoms with E-state index in [0.717, 1.165) is 5.54 Å². The fourth-order valence-corrected chi connectivity index (χ4v) is 4.07. The van der Waals surface area contributed by atoms with Gasteiger partial charge in [-0.1, -0.05) is 39.5 Å². The summed E-state index contributed by atoms with van der Waals surface area (Å²) in [5.74, 6) is 0. The van der Waals surface area contributed by atoms with Crippen LogP contribution in [0.15, 0.2) is 0 Å². The molecule has 11 heavy (non-hydrogen) atoms. The first-order valence-corrected chi connectivity index (χ1v) is 6.63. The van der Waals surface area contributed by atoms with Crippen LogP contribution in [0.4, 0.5) is 0 Å². The lowest BCUT2D eigenvalue weighted by Crippen LogP contribution is -2.49. The van der Waals surface area contributed by atoms with Crippen molar-refractivity contribution in [3.63, 3.8) is 0 Å². The predicted molar refractivity (Wildman–Crippen MR) is 51.8 cm³/mol. The Labute approximate surface area is 71.3 Å². The van der Waals surface area contributed by atoms with Crippen LogP contribution in [0, 0.1) is 0 Å². The molecule has 0 saturated heterocycles. The SMILES string of the molecule is CC(C)N[SiH](N)C1CCCC1. The highest BCUT2D eigenvalue weighted by Crippen LogP contribution is 2.30. The molecular formula is C8H20N2Si. The van der Waals surface area contributed by atoms with Crippen molar-refractivity contribution in [3.05, 3.63) is 0 Å². The molecule has 0 aromatic rings. The van der Waals surface area contributed by atoms with Crippen LogP contribution in [0.3, 0.4) is 0 Å². The number of hydrogen-bond acceptors (Lipinski definition) is 2. The molecule has 0 bridgehead atoms. The predicted octanol–water partition coefficient (Wildman–Crippen LogP) is 1.11. The third kappa shape index (κ3) is 2.93. The highest BCUT2D eigenvalue weighted by atomic mass is 28.3. The molecule has 0 aromatic heterocycles. The highest BCUT2D eigenvalue weighted by molar-refractivity contribution is 6.54. The maximum absolute atomic E-state index is 6.11. The van der Waals surface area contributed by atoms with Gasteiger partial charge in [0.2, 0.25) is 0 Å². The van der Waals surface area contributed by atoms with Crippen LogP contribution < -0.4 is 10.4 Å². The molecule has 0 aliphatic heterocycles. The molecule has 0 heterocycles. The van der Waals surface area contributed by atoms with Gasteiger partial charge in [-0.3, -0.25) is 0 Å². The van der Waals surface area contributed by atoms with E-state index in [1.54, 1.807) is 0 Å². The van der Waals surface area contributed by atoms with Crippen molar-refractivity contribution in [2.75, 3.05) is 0 Å². The van der Waals surface area contributed by atoms with Gasteiger partial charge in [0.05, 0.1) is 0 Å². The van der Waals surface area contributed by atoms with Gasteiger partial charge < -0.3 is 10.4 Å². The zero-order chi connectivity index (χ0) is 8.27. The first-order valence-electron chi connectivity index (χ1n) is 4.72. The zero-order valence-electron chi connectivity index (χ0n) is 7.64. The molecule has 1 rings (SSSR count). The fraction of sp³-hybridized carbons (Fsp3) is 1.00. The second kappa shape index (κ2) is 4.23. The van der Waals surface area contributed by atoms with E-state index >= 15 is 0 Å². The molecule has 3 N–H and O–H groups in total. The monoisotopic (exact) mass is 172 g/mol. The first kappa shape index (κ1) is 9.23. The molecule has 3 heteroatoms. The summed E-state index contributed by atoms with van der Waals surface area (Å²) in [5, 5.41) is 6.11. The van der Waals surface area contributed by atoms with Crippen LogP contribution in [0.5, 0.6) is 0 Å². The van der Waals surface area contributed by atoms with Gasteiger partial charge in [-0.05, 0) is 11.6 Å². The summed E-state index contributed by atoms with van der Waals surface area (Å²) in [6.45, 7) is 4.36. The van der Waals surface area contributed by atoms with Crippen LogP contribution in [-0.4, -0.2) is 15.2 Å². The second-order valence-corrected chi connectivity index (χ2v) is 6.22. The van der Waals surface area contributed by atoms with Gasteiger partial charge in [-0.15, -0.1) is 0 Å². The smallest absolute Gasteiger partial charge is 0.185 e. The minimum absolute atomic E-state index is 0.581. The summed E-state index contributed by atoms with van der Waals surface area (Å²) in [7, 11) is -1.06. The minimum atomic E-state index is -1.06. The molecule has 1 aliphatic carbocycles. The van der Waals surface area contributed by atoms with E-state index in [0.29, 0.717) is 6.04 Å². The Hall–Kier alpha value is 0.137. The summed E-state index contributed by atoms with van der Waals surface area (Å²) >= 11 is 0. The minimum Gasteiger partial charge on any atom is -0.341 e. The quantitative estimate of drug-likeness (QED) is 0.626. The van der Waals surface area contributed by atoms with Crippen LogP contribution in [-0.2, 0) is 0 Å². The Morgan fingerprint density at radius 3 is 2.36 bits per heavy atom. The molecule has 1 fully saturated rings. The van der Waals surface area contributed by atoms with Gasteiger partial charge in [0.1, 0.15) is 0 Å². The van der Waals surface area contributed by atoms with Gasteiger partial charge in [0, 0.05) is 0 Å². The Morgan fingerprint density at radius 1 is 1.36 bits per heavy atom. The van der Waals surface area contributed by atoms with E-state index in [-0.39, 0.29) is 0 Å². The summed E-state index contributed by atoms with van der Waals surface area (Å²) in [6.07, 6.45) is 5.58. The van der Waals surface area contributed by atoms with Crippen molar-refractivity contribution in [1.82, 2.24) is 4.98 Å². The third-order valence-electron chi connectivity index (χ3n) is 2.43. The molecule has 0 spiro atoms. The number of nitrogens with two attached hydrogens (primary N) is 1. The summed E-state index contributed by atoms with van der Waals surface area (Å²) < 4.78 is 0. The first-order chi connectivity index (χ1) is 5.20. The average Bonchev–Trinajstić information content (AvgIpc) is 2.35. The van der Waals surface area contributed by atoms with E-state index in [4.69, 9.17) is 5.40 Å². The van der Waals surface area contributed by atoms with Crippen molar-refractivity contribution < 1.29 is 0 Å². The van der Waals surface area contributed by atoms with Crippen molar-refractivity contribution in [1.29, 1.82) is 0 Å². The van der Waals surface area contributed by atoms with Crippen molar-refractivity contribution >= 4 is 9.12 Å². The molecule has 1 saturated carbocycles. The molecule has 1 unspecified atom stereocenters. The van der Waals surface area contributed by atoms with Crippen LogP contribution in [0.2, 0.25) is 5.54 Å². The Kier molecular flexibility index (Phi) is 3.55. The van der Waals surface area contributed by atoms with E-state index in [1.165, 1.54) is 25.7 Å². The van der Waals surface area contributed by atoms with Crippen molar-refractivity contribution in [2.24, 2.45) is 5.40 Å². The lowest BCUT2D eigenvalue weighted by molar-refractivity contribution is 0.708. The Balaban J connectivity index is 2.22. The van der Waals surface area contributed by atoms with Crippen LogP contribution in [0.1, 0.15) is 39.5 Å². The van der Waals surface area contributed by atoms with E-state index < -0.39 is 9.12 Å². The van der Waals surface area contributed by atoms with Gasteiger partial charge in [-0.2, -0.15) is 0 Å². The molecule has 1 atom stereocenters. The molecule has 0 radical (unpaired) electrons. The largest absolute Gasteiger partial charge is 0.341 e. The summed E-state index contributed by atoms with van der Waals surface area (Å²) in [6, 6.07) is 0.581. The highest BCUT2D eigenvalue weighted by Gasteiger charge is 2.23. The van der Waals surface area contributed by atoms with Gasteiger partial charge in [0.25, 0.3) is 0 Å². The Morgan fingerprint density at radius 2 is 1.91 bits per heavy atom. The van der Waals surface area contributed by atoms with Gasteiger partial charge in [0.15, 0.2) is 9.12 Å². The maximum Gasteiger partial charge on any atom is 0.185 e. The number of rotatable bonds is 3. The number of hydrogen-bond donors (Lipinski definition) is 2. The van der Waals surface area contributed by atoms with Crippen LogP contribution >= 0.6 is 0 Å². The zero-order valence-corrected chi connectivity index (χ0v) is 8.79. The lowest BCUT2D eigenvalue weighted by Gasteiger charge is -2.20. The fourth-order valence-electron chi connectivity index (χ4n) is 1.84. The molecule has 2 nitrogen and oxygen atoms in total. The number of nitrogens with one attached hydrogen (secondary N) is 1. The van der Waals surface area contributed by atoms with Gasteiger partial charge in [-0.25, -0.2) is 0 Å². The van der Waals surface area contributed by atoms with E-state index in [2.05, 4.69) is 18.8 Å². The van der Waals surface area contributed by atoms with E-state index in [1.807, 2.05) is 0 Å². The lowest BCUT2D eigenvalue weighted by atomic mass is 10.4. The van der Waals surface area contributed by atoms with Gasteiger partial charge >= 0.3 is 0 Å².